The summed E-state index contributed by atoms with van der Waals surface area (Å²) in [5.41, 5.74) is 1.25. The molecule has 1 aromatic rings. The minimum absolute atomic E-state index is 0.386. The minimum Gasteiger partial charge on any atom is -0.477 e. The first-order chi connectivity index (χ1) is 8.99. The van der Waals surface area contributed by atoms with E-state index in [-0.39, 0.29) is 0 Å². The van der Waals surface area contributed by atoms with Crippen LogP contribution >= 0.6 is 11.3 Å². The Hall–Kier alpha value is -1.29. The Labute approximate surface area is 119 Å². The zero-order chi connectivity index (χ0) is 14.3. The molecule has 0 amide bonds. The molecular formula is C15H23NO2S. The first-order valence-electron chi connectivity index (χ1n) is 6.70. The number of carboxylic acid groups (broad SMARTS) is 1. The first-order valence-corrected chi connectivity index (χ1v) is 7.52. The van der Waals surface area contributed by atoms with Gasteiger partial charge in [-0.1, -0.05) is 18.9 Å². The lowest BCUT2D eigenvalue weighted by molar-refractivity contribution is 0.0702. The van der Waals surface area contributed by atoms with Crippen molar-refractivity contribution in [1.82, 2.24) is 0 Å². The molecule has 1 heterocycles. The van der Waals surface area contributed by atoms with Gasteiger partial charge in [-0.05, 0) is 44.2 Å². The van der Waals surface area contributed by atoms with Crippen molar-refractivity contribution in [3.8, 4) is 0 Å². The molecular weight excluding hydrogens is 258 g/mol. The molecule has 0 spiro atoms. The smallest absolute Gasteiger partial charge is 0.345 e. The minimum atomic E-state index is -0.855. The summed E-state index contributed by atoms with van der Waals surface area (Å²) in [6.45, 7) is 9.14. The summed E-state index contributed by atoms with van der Waals surface area (Å²) in [4.78, 5) is 11.1. The van der Waals surface area contributed by atoms with Gasteiger partial charge in [0.2, 0.25) is 0 Å². The Bertz CT molecular complexity index is 426. The SMILES string of the molecule is C=C(C)CCCC(C)CCNc1ccc(C(=O)O)s1. The van der Waals surface area contributed by atoms with Gasteiger partial charge in [-0.2, -0.15) is 0 Å². The Kier molecular flexibility index (Phi) is 6.64. The third-order valence-corrected chi connectivity index (χ3v) is 4.08. The molecule has 1 aromatic heterocycles. The van der Waals surface area contributed by atoms with Gasteiger partial charge in [0.1, 0.15) is 4.88 Å². The van der Waals surface area contributed by atoms with Crippen LogP contribution in [-0.2, 0) is 0 Å². The number of rotatable bonds is 9. The van der Waals surface area contributed by atoms with Gasteiger partial charge in [-0.15, -0.1) is 17.9 Å². The van der Waals surface area contributed by atoms with Crippen molar-refractivity contribution in [3.63, 3.8) is 0 Å². The number of aromatic carboxylic acids is 1. The fourth-order valence-electron chi connectivity index (χ4n) is 1.89. The van der Waals surface area contributed by atoms with Crippen LogP contribution in [0.3, 0.4) is 0 Å². The molecule has 3 nitrogen and oxygen atoms in total. The van der Waals surface area contributed by atoms with E-state index in [1.807, 2.05) is 6.07 Å². The van der Waals surface area contributed by atoms with Gasteiger partial charge in [0.15, 0.2) is 0 Å². The number of nitrogens with one attached hydrogen (secondary N) is 1. The van der Waals surface area contributed by atoms with Gasteiger partial charge < -0.3 is 10.4 Å². The van der Waals surface area contributed by atoms with Crippen molar-refractivity contribution in [2.75, 3.05) is 11.9 Å². The van der Waals surface area contributed by atoms with E-state index in [1.54, 1.807) is 6.07 Å². The van der Waals surface area contributed by atoms with Gasteiger partial charge in [0, 0.05) is 6.54 Å². The molecule has 2 N–H and O–H groups in total. The number of carboxylic acids is 1. The van der Waals surface area contributed by atoms with E-state index >= 15 is 0 Å². The Morgan fingerprint density at radius 1 is 1.47 bits per heavy atom. The van der Waals surface area contributed by atoms with E-state index in [1.165, 1.54) is 29.8 Å². The van der Waals surface area contributed by atoms with E-state index in [2.05, 4.69) is 25.7 Å². The van der Waals surface area contributed by atoms with E-state index < -0.39 is 5.97 Å². The maximum Gasteiger partial charge on any atom is 0.345 e. The summed E-state index contributed by atoms with van der Waals surface area (Å²) in [6, 6.07) is 3.48. The molecule has 1 unspecified atom stereocenters. The normalized spacial score (nSPS) is 12.1. The second-order valence-electron chi connectivity index (χ2n) is 5.14. The Balaban J connectivity index is 2.18. The van der Waals surface area contributed by atoms with Crippen molar-refractivity contribution in [2.24, 2.45) is 5.92 Å². The number of anilines is 1. The average Bonchev–Trinajstić information content (AvgIpc) is 2.77. The van der Waals surface area contributed by atoms with Crippen LogP contribution in [0.5, 0.6) is 0 Å². The molecule has 0 saturated heterocycles. The molecule has 4 heteroatoms. The van der Waals surface area contributed by atoms with Gasteiger partial charge in [-0.3, -0.25) is 0 Å². The van der Waals surface area contributed by atoms with Crippen molar-refractivity contribution in [2.45, 2.75) is 39.5 Å². The maximum atomic E-state index is 10.7. The van der Waals surface area contributed by atoms with Crippen LogP contribution in [0.2, 0.25) is 0 Å². The van der Waals surface area contributed by atoms with Crippen molar-refractivity contribution in [3.05, 3.63) is 29.2 Å². The van der Waals surface area contributed by atoms with Crippen LogP contribution in [0.25, 0.3) is 0 Å². The summed E-state index contributed by atoms with van der Waals surface area (Å²) in [5.74, 6) is -0.169. The fraction of sp³-hybridized carbons (Fsp3) is 0.533. The molecule has 106 valence electrons. The van der Waals surface area contributed by atoms with E-state index in [0.717, 1.165) is 24.4 Å². The molecule has 19 heavy (non-hydrogen) atoms. The number of hydrogen-bond donors (Lipinski definition) is 2. The molecule has 0 aliphatic carbocycles. The first kappa shape index (κ1) is 15.8. The van der Waals surface area contributed by atoms with E-state index in [0.29, 0.717) is 10.8 Å². The van der Waals surface area contributed by atoms with Gasteiger partial charge in [0.05, 0.1) is 5.00 Å². The fourth-order valence-corrected chi connectivity index (χ4v) is 2.66. The maximum absolute atomic E-state index is 10.7. The largest absolute Gasteiger partial charge is 0.477 e. The van der Waals surface area contributed by atoms with Crippen LogP contribution in [0.1, 0.15) is 49.2 Å². The number of allylic oxidation sites excluding steroid dienone is 1. The van der Waals surface area contributed by atoms with Gasteiger partial charge >= 0.3 is 5.97 Å². The van der Waals surface area contributed by atoms with E-state index in [4.69, 9.17) is 5.11 Å². The van der Waals surface area contributed by atoms with Crippen molar-refractivity contribution in [1.29, 1.82) is 0 Å². The summed E-state index contributed by atoms with van der Waals surface area (Å²) < 4.78 is 0. The average molecular weight is 281 g/mol. The summed E-state index contributed by atoms with van der Waals surface area (Å²) in [7, 11) is 0. The highest BCUT2D eigenvalue weighted by Crippen LogP contribution is 2.22. The van der Waals surface area contributed by atoms with Gasteiger partial charge in [-0.25, -0.2) is 4.79 Å². The molecule has 1 rings (SSSR count). The number of carbonyl (C=O) groups is 1. The molecule has 0 radical (unpaired) electrons. The second-order valence-corrected chi connectivity index (χ2v) is 6.22. The third-order valence-electron chi connectivity index (χ3n) is 3.05. The molecule has 0 aliphatic rings. The predicted molar refractivity (Wildman–Crippen MR) is 82.2 cm³/mol. The highest BCUT2D eigenvalue weighted by Gasteiger charge is 2.07. The third kappa shape index (κ3) is 6.43. The molecule has 0 aromatic carbocycles. The number of thiophene rings is 1. The number of hydrogen-bond acceptors (Lipinski definition) is 3. The van der Waals surface area contributed by atoms with Crippen LogP contribution in [0.15, 0.2) is 24.3 Å². The van der Waals surface area contributed by atoms with E-state index in [9.17, 15) is 4.79 Å². The van der Waals surface area contributed by atoms with Crippen LogP contribution in [-0.4, -0.2) is 17.6 Å². The summed E-state index contributed by atoms with van der Waals surface area (Å²) >= 11 is 1.29. The summed E-state index contributed by atoms with van der Waals surface area (Å²) in [5, 5.41) is 13.1. The standard InChI is InChI=1S/C15H23NO2S/c1-11(2)5-4-6-12(3)9-10-16-14-8-7-13(19-14)15(17)18/h7-8,12,16H,1,4-6,9-10H2,2-3H3,(H,17,18). The Morgan fingerprint density at radius 3 is 2.79 bits per heavy atom. The van der Waals surface area contributed by atoms with Crippen LogP contribution < -0.4 is 5.32 Å². The lowest BCUT2D eigenvalue weighted by Crippen LogP contribution is -2.06. The Morgan fingerprint density at radius 2 is 2.21 bits per heavy atom. The molecule has 0 saturated carbocycles. The van der Waals surface area contributed by atoms with Gasteiger partial charge in [0.25, 0.3) is 0 Å². The lowest BCUT2D eigenvalue weighted by Gasteiger charge is -2.11. The van der Waals surface area contributed by atoms with Crippen molar-refractivity contribution < 1.29 is 9.90 Å². The highest BCUT2D eigenvalue weighted by atomic mass is 32.1. The van der Waals surface area contributed by atoms with Crippen LogP contribution in [0, 0.1) is 5.92 Å². The quantitative estimate of drug-likeness (QED) is 0.649. The highest BCUT2D eigenvalue weighted by molar-refractivity contribution is 7.17. The lowest BCUT2D eigenvalue weighted by atomic mass is 9.99. The second kappa shape index (κ2) is 8.00. The monoisotopic (exact) mass is 281 g/mol. The van der Waals surface area contributed by atoms with Crippen LogP contribution in [0.4, 0.5) is 5.00 Å². The summed E-state index contributed by atoms with van der Waals surface area (Å²) in [6.07, 6.45) is 4.65. The molecule has 0 aliphatic heterocycles. The zero-order valence-corrected chi connectivity index (χ0v) is 12.6. The zero-order valence-electron chi connectivity index (χ0n) is 11.7. The topological polar surface area (TPSA) is 49.3 Å². The molecule has 1 atom stereocenters. The predicted octanol–water partition coefficient (Wildman–Crippen LogP) is 4.63. The molecule has 0 fully saturated rings. The molecule has 0 bridgehead atoms. The van der Waals surface area contributed by atoms with Crippen molar-refractivity contribution >= 4 is 22.3 Å².